The van der Waals surface area contributed by atoms with Gasteiger partial charge >= 0.3 is 0 Å². The van der Waals surface area contributed by atoms with E-state index in [-0.39, 0.29) is 0 Å². The number of hydrogen-bond donors (Lipinski definition) is 0. The summed E-state index contributed by atoms with van der Waals surface area (Å²) in [5.41, 5.74) is 3.80. The average molecular weight is 160 g/mol. The Morgan fingerprint density at radius 2 is 1.45 bits per heavy atom. The summed E-state index contributed by atoms with van der Waals surface area (Å²) in [4.78, 5) is 0. The van der Waals surface area contributed by atoms with E-state index >= 15 is 0 Å². The van der Waals surface area contributed by atoms with Crippen molar-refractivity contribution in [1.29, 1.82) is 0 Å². The molecule has 0 aliphatic heterocycles. The monoisotopic (exact) mass is 160 g/mol. The van der Waals surface area contributed by atoms with Gasteiger partial charge in [0.2, 0.25) is 0 Å². The minimum absolute atomic E-state index is 0.712. The zero-order chi connectivity index (χ0) is 8.74. The summed E-state index contributed by atoms with van der Waals surface area (Å²) < 4.78 is 0. The standard InChI is InChI=1S/C10H12Si/c1-5-9-11(7-3,8-4)10-6-2/h1-2,7-8H,3-4,9-10H2. The number of hydrogen-bond acceptors (Lipinski definition) is 0. The van der Waals surface area contributed by atoms with Gasteiger partial charge in [-0.2, -0.15) is 0 Å². The summed E-state index contributed by atoms with van der Waals surface area (Å²) in [6.07, 6.45) is 10.4. The lowest BCUT2D eigenvalue weighted by Gasteiger charge is -2.17. The van der Waals surface area contributed by atoms with Crippen molar-refractivity contribution in [2.45, 2.75) is 12.1 Å². The first kappa shape index (κ1) is 9.82. The van der Waals surface area contributed by atoms with Crippen LogP contribution in [-0.4, -0.2) is 8.07 Å². The maximum Gasteiger partial charge on any atom is 0.124 e. The molecule has 0 rings (SSSR count). The lowest BCUT2D eigenvalue weighted by molar-refractivity contribution is 1.57. The molecule has 0 saturated heterocycles. The van der Waals surface area contributed by atoms with Gasteiger partial charge in [0.1, 0.15) is 8.07 Å². The summed E-state index contributed by atoms with van der Waals surface area (Å²) in [5.74, 6) is 5.24. The summed E-state index contributed by atoms with van der Waals surface area (Å²) >= 11 is 0. The Morgan fingerprint density at radius 1 is 1.09 bits per heavy atom. The second kappa shape index (κ2) is 4.60. The molecule has 0 aromatic rings. The minimum Gasteiger partial charge on any atom is -0.120 e. The molecular formula is C10H12Si. The van der Waals surface area contributed by atoms with Gasteiger partial charge in [-0.1, -0.05) is 11.4 Å². The van der Waals surface area contributed by atoms with Crippen molar-refractivity contribution in [3.63, 3.8) is 0 Å². The summed E-state index contributed by atoms with van der Waals surface area (Å²) in [5, 5.41) is 0. The van der Waals surface area contributed by atoms with Crippen LogP contribution < -0.4 is 0 Å². The van der Waals surface area contributed by atoms with E-state index in [2.05, 4.69) is 25.0 Å². The van der Waals surface area contributed by atoms with Crippen molar-refractivity contribution in [2.24, 2.45) is 0 Å². The predicted molar refractivity (Wildman–Crippen MR) is 53.4 cm³/mol. The molecular weight excluding hydrogens is 148 g/mol. The lowest BCUT2D eigenvalue weighted by Crippen LogP contribution is -2.27. The Bertz CT molecular complexity index is 198. The topological polar surface area (TPSA) is 0 Å². The van der Waals surface area contributed by atoms with Crippen LogP contribution in [0.15, 0.2) is 24.6 Å². The molecule has 0 nitrogen and oxygen atoms in total. The van der Waals surface area contributed by atoms with E-state index < -0.39 is 8.07 Å². The molecule has 0 bridgehead atoms. The van der Waals surface area contributed by atoms with Gasteiger partial charge in [-0.05, 0) is 0 Å². The molecule has 56 valence electrons. The van der Waals surface area contributed by atoms with Gasteiger partial charge < -0.3 is 0 Å². The van der Waals surface area contributed by atoms with Crippen molar-refractivity contribution in [3.8, 4) is 24.7 Å². The first-order valence-corrected chi connectivity index (χ1v) is 5.95. The molecule has 1 heteroatoms. The second-order valence-corrected chi connectivity index (χ2v) is 6.39. The first-order valence-electron chi connectivity index (χ1n) is 3.39. The van der Waals surface area contributed by atoms with E-state index in [0.717, 1.165) is 0 Å². The fourth-order valence-electron chi connectivity index (χ4n) is 0.815. The zero-order valence-electron chi connectivity index (χ0n) is 6.64. The van der Waals surface area contributed by atoms with Crippen LogP contribution in [0.25, 0.3) is 0 Å². The fraction of sp³-hybridized carbons (Fsp3) is 0.200. The van der Waals surface area contributed by atoms with Gasteiger partial charge in [0.25, 0.3) is 0 Å². The van der Waals surface area contributed by atoms with Crippen molar-refractivity contribution < 1.29 is 0 Å². The lowest BCUT2D eigenvalue weighted by atomic mass is 10.8. The molecule has 0 aromatic carbocycles. The van der Waals surface area contributed by atoms with Crippen LogP contribution in [0.1, 0.15) is 0 Å². The van der Waals surface area contributed by atoms with E-state index in [1.165, 1.54) is 0 Å². The van der Waals surface area contributed by atoms with Gasteiger partial charge in [0.15, 0.2) is 0 Å². The van der Waals surface area contributed by atoms with E-state index in [0.29, 0.717) is 12.1 Å². The van der Waals surface area contributed by atoms with Crippen molar-refractivity contribution >= 4 is 8.07 Å². The van der Waals surface area contributed by atoms with Gasteiger partial charge in [-0.3, -0.25) is 0 Å². The van der Waals surface area contributed by atoms with Gasteiger partial charge in [-0.15, -0.1) is 37.8 Å². The van der Waals surface area contributed by atoms with Crippen LogP contribution in [0.5, 0.6) is 0 Å². The van der Waals surface area contributed by atoms with E-state index in [4.69, 9.17) is 12.8 Å². The zero-order valence-corrected chi connectivity index (χ0v) is 7.64. The van der Waals surface area contributed by atoms with E-state index in [9.17, 15) is 0 Å². The Labute approximate surface area is 70.0 Å². The van der Waals surface area contributed by atoms with Crippen LogP contribution in [0.3, 0.4) is 0 Å². The summed E-state index contributed by atoms with van der Waals surface area (Å²) in [6, 6.07) is 1.42. The number of terminal acetylenes is 2. The Hall–Kier alpha value is -1.18. The van der Waals surface area contributed by atoms with Crippen LogP contribution in [0.2, 0.25) is 12.1 Å². The Kier molecular flexibility index (Phi) is 4.11. The third-order valence-corrected chi connectivity index (χ3v) is 5.03. The van der Waals surface area contributed by atoms with Crippen molar-refractivity contribution in [2.75, 3.05) is 0 Å². The third kappa shape index (κ3) is 2.49. The van der Waals surface area contributed by atoms with Crippen LogP contribution in [0, 0.1) is 24.7 Å². The summed E-state index contributed by atoms with van der Waals surface area (Å²) in [6.45, 7) is 7.48. The highest BCUT2D eigenvalue weighted by molar-refractivity contribution is 6.89. The molecule has 0 unspecified atom stereocenters. The molecule has 0 amide bonds. The SMILES string of the molecule is C#CC[Si](C=C)(C=C)CC#C. The first-order chi connectivity index (χ1) is 5.24. The van der Waals surface area contributed by atoms with Gasteiger partial charge in [0, 0.05) is 12.1 Å². The van der Waals surface area contributed by atoms with Gasteiger partial charge in [0.05, 0.1) is 0 Å². The van der Waals surface area contributed by atoms with E-state index in [1.54, 1.807) is 0 Å². The second-order valence-electron chi connectivity index (χ2n) is 2.40. The van der Waals surface area contributed by atoms with Gasteiger partial charge in [-0.25, -0.2) is 0 Å². The molecule has 0 aliphatic carbocycles. The molecule has 0 heterocycles. The van der Waals surface area contributed by atoms with Crippen molar-refractivity contribution in [3.05, 3.63) is 24.6 Å². The normalized spacial score (nSPS) is 9.27. The van der Waals surface area contributed by atoms with Crippen LogP contribution >= 0.6 is 0 Å². The molecule has 11 heavy (non-hydrogen) atoms. The predicted octanol–water partition coefficient (Wildman–Crippen LogP) is 2.15. The highest BCUT2D eigenvalue weighted by Crippen LogP contribution is 2.16. The molecule has 0 aromatic heterocycles. The fourth-order valence-corrected chi connectivity index (χ4v) is 2.44. The largest absolute Gasteiger partial charge is 0.124 e. The van der Waals surface area contributed by atoms with Crippen molar-refractivity contribution in [1.82, 2.24) is 0 Å². The minimum atomic E-state index is -1.69. The smallest absolute Gasteiger partial charge is 0.120 e. The quantitative estimate of drug-likeness (QED) is 0.437. The molecule has 0 N–H and O–H groups in total. The average Bonchev–Trinajstić information content (AvgIpc) is 2.04. The van der Waals surface area contributed by atoms with E-state index in [1.807, 2.05) is 11.4 Å². The maximum atomic E-state index is 5.22. The molecule has 0 saturated carbocycles. The molecule has 0 aliphatic rings. The van der Waals surface area contributed by atoms with Crippen LogP contribution in [-0.2, 0) is 0 Å². The highest BCUT2D eigenvalue weighted by Gasteiger charge is 2.22. The van der Waals surface area contributed by atoms with Crippen LogP contribution in [0.4, 0.5) is 0 Å². The summed E-state index contributed by atoms with van der Waals surface area (Å²) in [7, 11) is -1.69. The molecule has 0 fully saturated rings. The Morgan fingerprint density at radius 3 is 1.64 bits per heavy atom. The maximum absolute atomic E-state index is 5.22. The molecule has 0 atom stereocenters. The number of rotatable bonds is 4. The highest BCUT2D eigenvalue weighted by atomic mass is 28.3. The third-order valence-electron chi connectivity index (χ3n) is 1.68. The molecule has 0 spiro atoms. The molecule has 0 radical (unpaired) electrons. The Balaban J connectivity index is 4.50.